The Balaban J connectivity index is 1.57. The average molecular weight is 452 g/mol. The molecule has 3 N–H and O–H groups in total. The van der Waals surface area contributed by atoms with Crippen molar-refractivity contribution in [1.82, 2.24) is 9.29 Å². The lowest BCUT2D eigenvalue weighted by molar-refractivity contribution is 0.102. The number of benzene rings is 3. The van der Waals surface area contributed by atoms with Gasteiger partial charge in [-0.3, -0.25) is 4.79 Å². The fourth-order valence-corrected chi connectivity index (χ4v) is 4.90. The van der Waals surface area contributed by atoms with Crippen LogP contribution in [0.15, 0.2) is 71.6 Å². The minimum Gasteiger partial charge on any atom is -0.392 e. The van der Waals surface area contributed by atoms with E-state index in [0.717, 1.165) is 28.4 Å². The number of hydrogen-bond acceptors (Lipinski definition) is 4. The molecule has 0 radical (unpaired) electrons. The number of aliphatic hydroxyl groups is 1. The number of hydrogen-bond donors (Lipinski definition) is 3. The Morgan fingerprint density at radius 2 is 1.69 bits per heavy atom. The number of aromatic nitrogens is 1. The van der Waals surface area contributed by atoms with Gasteiger partial charge in [0, 0.05) is 46.1 Å². The molecule has 1 unspecified atom stereocenters. The Morgan fingerprint density at radius 3 is 2.38 bits per heavy atom. The van der Waals surface area contributed by atoms with Crippen LogP contribution in [0.5, 0.6) is 0 Å². The number of aryl methyl sites for hydroxylation is 1. The number of nitrogens with zero attached hydrogens (tertiary/aromatic N) is 1. The van der Waals surface area contributed by atoms with Crippen LogP contribution < -0.4 is 10.0 Å². The molecule has 3 aromatic carbocycles. The molecule has 1 atom stereocenters. The maximum Gasteiger partial charge on any atom is 0.255 e. The van der Waals surface area contributed by atoms with E-state index in [2.05, 4.69) is 33.7 Å². The van der Waals surface area contributed by atoms with Crippen molar-refractivity contribution in [2.24, 2.45) is 0 Å². The van der Waals surface area contributed by atoms with Gasteiger partial charge >= 0.3 is 0 Å². The number of aliphatic hydroxyl groups excluding tert-OH is 1. The Bertz CT molecular complexity index is 1390. The number of para-hydroxylation sites is 1. The summed E-state index contributed by atoms with van der Waals surface area (Å²) in [5.41, 5.74) is 3.26. The highest BCUT2D eigenvalue weighted by atomic mass is 32.2. The van der Waals surface area contributed by atoms with E-state index in [9.17, 15) is 18.3 Å². The molecule has 0 bridgehead atoms. The van der Waals surface area contributed by atoms with Gasteiger partial charge in [0.05, 0.1) is 11.0 Å². The summed E-state index contributed by atoms with van der Waals surface area (Å²) in [6, 6.07) is 19.7. The van der Waals surface area contributed by atoms with Crippen molar-refractivity contribution in [2.45, 2.75) is 31.4 Å². The molecule has 32 heavy (non-hydrogen) atoms. The molecule has 1 aromatic heterocycles. The highest BCUT2D eigenvalue weighted by molar-refractivity contribution is 7.89. The molecule has 4 aromatic rings. The van der Waals surface area contributed by atoms with Gasteiger partial charge in [-0.2, -0.15) is 0 Å². The third-order valence-corrected chi connectivity index (χ3v) is 6.78. The number of rotatable bonds is 7. The number of amides is 1. The summed E-state index contributed by atoms with van der Waals surface area (Å²) >= 11 is 0. The van der Waals surface area contributed by atoms with Crippen LogP contribution in [-0.4, -0.2) is 36.6 Å². The zero-order valence-corrected chi connectivity index (χ0v) is 18.7. The smallest absolute Gasteiger partial charge is 0.255 e. The molecule has 0 spiro atoms. The van der Waals surface area contributed by atoms with Crippen molar-refractivity contribution >= 4 is 43.4 Å². The van der Waals surface area contributed by atoms with Gasteiger partial charge in [0.2, 0.25) is 10.0 Å². The SMILES string of the molecule is CCn1c2ccccc2c2cc(NC(=O)c3ccc(S(=O)(=O)NCC(C)O)cc3)ccc21. The zero-order chi connectivity index (χ0) is 22.9. The van der Waals surface area contributed by atoms with Gasteiger partial charge in [-0.05, 0) is 62.4 Å². The minimum atomic E-state index is -3.75. The second-order valence-electron chi connectivity index (χ2n) is 7.67. The average Bonchev–Trinajstić information content (AvgIpc) is 3.11. The van der Waals surface area contributed by atoms with Gasteiger partial charge in [-0.1, -0.05) is 18.2 Å². The second kappa shape index (κ2) is 8.74. The van der Waals surface area contributed by atoms with E-state index in [1.54, 1.807) is 0 Å². The number of fused-ring (bicyclic) bond motifs is 3. The number of anilines is 1. The Labute approximate surface area is 186 Å². The molecule has 8 heteroatoms. The van der Waals surface area contributed by atoms with Crippen molar-refractivity contribution < 1.29 is 18.3 Å². The number of nitrogens with one attached hydrogen (secondary N) is 2. The molecule has 4 rings (SSSR count). The third kappa shape index (κ3) is 4.25. The highest BCUT2D eigenvalue weighted by Crippen LogP contribution is 2.31. The standard InChI is InChI=1S/C24H25N3O4S/c1-3-27-22-7-5-4-6-20(22)21-14-18(10-13-23(21)27)26-24(29)17-8-11-19(12-9-17)32(30,31)25-15-16(2)28/h4-14,16,25,28H,3,15H2,1-2H3,(H,26,29). The Hall–Kier alpha value is -3.20. The molecule has 0 aliphatic heterocycles. The van der Waals surface area contributed by atoms with Crippen LogP contribution in [0.1, 0.15) is 24.2 Å². The second-order valence-corrected chi connectivity index (χ2v) is 9.44. The summed E-state index contributed by atoms with van der Waals surface area (Å²) in [4.78, 5) is 12.8. The molecule has 0 saturated carbocycles. The van der Waals surface area contributed by atoms with Gasteiger partial charge in [0.1, 0.15) is 0 Å². The predicted octanol–water partition coefficient (Wildman–Crippen LogP) is 3.73. The first-order valence-electron chi connectivity index (χ1n) is 10.4. The van der Waals surface area contributed by atoms with E-state index in [0.29, 0.717) is 11.3 Å². The van der Waals surface area contributed by atoms with E-state index >= 15 is 0 Å². The van der Waals surface area contributed by atoms with Crippen molar-refractivity contribution in [3.05, 3.63) is 72.3 Å². The van der Waals surface area contributed by atoms with Gasteiger partial charge < -0.3 is 15.0 Å². The van der Waals surface area contributed by atoms with E-state index < -0.39 is 16.1 Å². The fourth-order valence-electron chi connectivity index (χ4n) is 3.77. The van der Waals surface area contributed by atoms with Crippen LogP contribution in [0.3, 0.4) is 0 Å². The van der Waals surface area contributed by atoms with Gasteiger partial charge in [-0.25, -0.2) is 13.1 Å². The van der Waals surface area contributed by atoms with Crippen LogP contribution in [0.25, 0.3) is 21.8 Å². The summed E-state index contributed by atoms with van der Waals surface area (Å²) in [5, 5.41) is 14.4. The van der Waals surface area contributed by atoms with E-state index in [1.807, 2.05) is 30.3 Å². The molecule has 0 saturated heterocycles. The summed E-state index contributed by atoms with van der Waals surface area (Å²) in [6.07, 6.45) is -0.793. The van der Waals surface area contributed by atoms with Crippen LogP contribution in [0.2, 0.25) is 0 Å². The van der Waals surface area contributed by atoms with Crippen LogP contribution in [0, 0.1) is 0 Å². The fraction of sp³-hybridized carbons (Fsp3) is 0.208. The summed E-state index contributed by atoms with van der Waals surface area (Å²) < 4.78 is 29.0. The van der Waals surface area contributed by atoms with Crippen LogP contribution in [-0.2, 0) is 16.6 Å². The van der Waals surface area contributed by atoms with E-state index in [1.165, 1.54) is 31.2 Å². The summed E-state index contributed by atoms with van der Waals surface area (Å²) in [6.45, 7) is 4.36. The Morgan fingerprint density at radius 1 is 1.00 bits per heavy atom. The maximum atomic E-state index is 12.7. The first-order valence-corrected chi connectivity index (χ1v) is 11.9. The van der Waals surface area contributed by atoms with Gasteiger partial charge in [0.15, 0.2) is 0 Å². The zero-order valence-electron chi connectivity index (χ0n) is 17.9. The minimum absolute atomic E-state index is 0.0310. The summed E-state index contributed by atoms with van der Waals surface area (Å²) in [5.74, 6) is -0.329. The molecule has 0 aliphatic rings. The lowest BCUT2D eigenvalue weighted by Gasteiger charge is -2.10. The first-order chi connectivity index (χ1) is 15.3. The van der Waals surface area contributed by atoms with Crippen molar-refractivity contribution in [3.63, 3.8) is 0 Å². The van der Waals surface area contributed by atoms with E-state index in [-0.39, 0.29) is 17.3 Å². The van der Waals surface area contributed by atoms with Crippen molar-refractivity contribution in [1.29, 1.82) is 0 Å². The van der Waals surface area contributed by atoms with Gasteiger partial charge in [0.25, 0.3) is 5.91 Å². The molecule has 1 heterocycles. The quantitative estimate of drug-likeness (QED) is 0.399. The van der Waals surface area contributed by atoms with Crippen LogP contribution >= 0.6 is 0 Å². The number of carbonyl (C=O) groups excluding carboxylic acids is 1. The van der Waals surface area contributed by atoms with E-state index in [4.69, 9.17) is 0 Å². The Kier molecular flexibility index (Phi) is 6.01. The van der Waals surface area contributed by atoms with Crippen molar-refractivity contribution in [3.8, 4) is 0 Å². The molecular weight excluding hydrogens is 426 g/mol. The molecule has 1 amide bonds. The number of carbonyl (C=O) groups is 1. The highest BCUT2D eigenvalue weighted by Gasteiger charge is 2.16. The predicted molar refractivity (Wildman–Crippen MR) is 126 cm³/mol. The van der Waals surface area contributed by atoms with Crippen molar-refractivity contribution in [2.75, 3.05) is 11.9 Å². The lowest BCUT2D eigenvalue weighted by Crippen LogP contribution is -2.30. The summed E-state index contributed by atoms with van der Waals surface area (Å²) in [7, 11) is -3.75. The van der Waals surface area contributed by atoms with Crippen LogP contribution in [0.4, 0.5) is 5.69 Å². The molecule has 0 aliphatic carbocycles. The third-order valence-electron chi connectivity index (χ3n) is 5.34. The topological polar surface area (TPSA) is 100 Å². The molecule has 0 fully saturated rings. The largest absolute Gasteiger partial charge is 0.392 e. The monoisotopic (exact) mass is 451 g/mol. The first kappa shape index (κ1) is 22.0. The number of sulfonamides is 1. The maximum absolute atomic E-state index is 12.7. The lowest BCUT2D eigenvalue weighted by atomic mass is 10.1. The normalized spacial score (nSPS) is 12.8. The molecular formula is C24H25N3O4S. The molecule has 7 nitrogen and oxygen atoms in total. The van der Waals surface area contributed by atoms with Gasteiger partial charge in [-0.15, -0.1) is 0 Å². The molecule has 166 valence electrons.